The fourth-order valence-electron chi connectivity index (χ4n) is 5.27. The molecule has 1 aliphatic rings. The normalized spacial score (nSPS) is 14.9. The Kier molecular flexibility index (Phi) is 7.79. The molecule has 6 nitrogen and oxygen atoms in total. The second-order valence-corrected chi connectivity index (χ2v) is 16.3. The van der Waals surface area contributed by atoms with Gasteiger partial charge in [-0.25, -0.2) is 12.4 Å². The molecule has 0 saturated heterocycles. The summed E-state index contributed by atoms with van der Waals surface area (Å²) in [4.78, 5) is 6.22. The first kappa shape index (κ1) is 29.3. The summed E-state index contributed by atoms with van der Waals surface area (Å²) in [5.74, 6) is 0.0414. The summed E-state index contributed by atoms with van der Waals surface area (Å²) < 4.78 is 42.3. The molecule has 1 aromatic heterocycles. The summed E-state index contributed by atoms with van der Waals surface area (Å²) in [6, 6.07) is 18.5. The molecule has 0 saturated carbocycles. The van der Waals surface area contributed by atoms with E-state index in [4.69, 9.17) is 4.99 Å². The van der Waals surface area contributed by atoms with Crippen molar-refractivity contribution in [2.24, 2.45) is 4.99 Å². The van der Waals surface area contributed by atoms with Gasteiger partial charge in [-0.1, -0.05) is 23.8 Å². The van der Waals surface area contributed by atoms with Crippen molar-refractivity contribution in [1.82, 2.24) is 3.97 Å². The molecule has 0 radical (unpaired) electrons. The van der Waals surface area contributed by atoms with Crippen LogP contribution in [0.3, 0.4) is 0 Å². The van der Waals surface area contributed by atoms with Gasteiger partial charge in [0.2, 0.25) is 0 Å². The van der Waals surface area contributed by atoms with E-state index in [1.165, 1.54) is 3.97 Å². The molecule has 0 N–H and O–H groups in total. The standard InChI is InChI=1S/C32H33N3O3S3/c1-20-7-11-24(12-8-20)41(37,38)35-14-13-25-30(29(39-6)15-21(2)31(25)35)26(19-40(36)32(3,4)5)28-17-23-10-9-22(18-33)16-27(23)34-28/h7-16,26H,17,19H2,1-6H3. The fraction of sp³-hybridized carbons (Fsp3) is 0.312. The number of aliphatic imine (C=N–C) groups is 1. The van der Waals surface area contributed by atoms with Crippen molar-refractivity contribution in [3.8, 4) is 6.07 Å². The van der Waals surface area contributed by atoms with Crippen molar-refractivity contribution >= 4 is 54.9 Å². The predicted molar refractivity (Wildman–Crippen MR) is 170 cm³/mol. The van der Waals surface area contributed by atoms with Gasteiger partial charge in [0.1, 0.15) is 0 Å². The van der Waals surface area contributed by atoms with E-state index in [1.807, 2.05) is 59.1 Å². The van der Waals surface area contributed by atoms with E-state index in [2.05, 4.69) is 6.07 Å². The summed E-state index contributed by atoms with van der Waals surface area (Å²) >= 11 is 1.60. The highest BCUT2D eigenvalue weighted by Gasteiger charge is 2.34. The average Bonchev–Trinajstić information content (AvgIpc) is 3.56. The maximum absolute atomic E-state index is 13.8. The molecular weight excluding hydrogens is 571 g/mol. The number of aryl methyl sites for hydroxylation is 2. The number of benzene rings is 3. The first-order valence-electron chi connectivity index (χ1n) is 13.3. The van der Waals surface area contributed by atoms with Gasteiger partial charge in [-0.15, -0.1) is 11.8 Å². The van der Waals surface area contributed by atoms with Crippen LogP contribution >= 0.6 is 11.8 Å². The molecule has 0 fully saturated rings. The number of hydrogen-bond acceptors (Lipinski definition) is 6. The second-order valence-electron chi connectivity index (χ2n) is 11.4. The van der Waals surface area contributed by atoms with Crippen LogP contribution in [-0.2, 0) is 27.2 Å². The Morgan fingerprint density at radius 1 is 1.10 bits per heavy atom. The van der Waals surface area contributed by atoms with E-state index >= 15 is 0 Å². The molecule has 0 amide bonds. The third kappa shape index (κ3) is 5.41. The molecule has 1 aliphatic heterocycles. The maximum Gasteiger partial charge on any atom is 0.268 e. The van der Waals surface area contributed by atoms with Gasteiger partial charge in [0, 0.05) is 55.8 Å². The molecule has 0 aliphatic carbocycles. The second kappa shape index (κ2) is 10.9. The van der Waals surface area contributed by atoms with Crippen LogP contribution in [0.2, 0.25) is 0 Å². The van der Waals surface area contributed by atoms with Crippen LogP contribution in [0.15, 0.2) is 75.6 Å². The summed E-state index contributed by atoms with van der Waals surface area (Å²) in [6.45, 7) is 9.76. The number of rotatable bonds is 7. The van der Waals surface area contributed by atoms with Gasteiger partial charge >= 0.3 is 0 Å². The van der Waals surface area contributed by atoms with Crippen LogP contribution in [0.1, 0.15) is 54.5 Å². The van der Waals surface area contributed by atoms with Gasteiger partial charge in [0.25, 0.3) is 10.0 Å². The van der Waals surface area contributed by atoms with Crippen LogP contribution in [-0.4, -0.2) is 39.1 Å². The number of thioether (sulfide) groups is 1. The lowest BCUT2D eigenvalue weighted by Crippen LogP contribution is -2.30. The van der Waals surface area contributed by atoms with Gasteiger partial charge in [0.15, 0.2) is 0 Å². The van der Waals surface area contributed by atoms with E-state index in [9.17, 15) is 17.9 Å². The Morgan fingerprint density at radius 2 is 1.80 bits per heavy atom. The monoisotopic (exact) mass is 603 g/mol. The minimum absolute atomic E-state index is 0.227. The topological polar surface area (TPSA) is 92.3 Å². The number of hydrogen-bond donors (Lipinski definition) is 0. The Bertz CT molecular complexity index is 1870. The largest absolute Gasteiger partial charge is 0.268 e. The Hall–Kier alpha value is -3.19. The molecule has 2 unspecified atom stereocenters. The van der Waals surface area contributed by atoms with Crippen molar-refractivity contribution < 1.29 is 12.6 Å². The third-order valence-electron chi connectivity index (χ3n) is 7.53. The number of nitriles is 1. The molecule has 3 aromatic carbocycles. The molecule has 4 aromatic rings. The lowest BCUT2D eigenvalue weighted by molar-refractivity contribution is 0.589. The van der Waals surface area contributed by atoms with E-state index in [0.717, 1.165) is 43.9 Å². The fourth-order valence-corrected chi connectivity index (χ4v) is 8.61. The zero-order valence-electron chi connectivity index (χ0n) is 24.1. The van der Waals surface area contributed by atoms with E-state index < -0.39 is 25.6 Å². The summed E-state index contributed by atoms with van der Waals surface area (Å²) in [7, 11) is -5.05. The van der Waals surface area contributed by atoms with Crippen molar-refractivity contribution in [2.45, 2.75) is 61.5 Å². The highest BCUT2D eigenvalue weighted by Crippen LogP contribution is 2.42. The van der Waals surface area contributed by atoms with Gasteiger partial charge in [-0.3, -0.25) is 9.20 Å². The number of nitrogens with zero attached hydrogens (tertiary/aromatic N) is 3. The average molecular weight is 604 g/mol. The van der Waals surface area contributed by atoms with Crippen molar-refractivity contribution in [1.29, 1.82) is 5.26 Å². The van der Waals surface area contributed by atoms with Crippen LogP contribution in [0.4, 0.5) is 5.69 Å². The molecule has 41 heavy (non-hydrogen) atoms. The van der Waals surface area contributed by atoms with Gasteiger partial charge in [0.05, 0.1) is 27.7 Å². The lowest BCUT2D eigenvalue weighted by atomic mass is 9.89. The highest BCUT2D eigenvalue weighted by molar-refractivity contribution is 7.98. The first-order valence-corrected chi connectivity index (χ1v) is 17.3. The van der Waals surface area contributed by atoms with Gasteiger partial charge < -0.3 is 0 Å². The number of aromatic nitrogens is 1. The Morgan fingerprint density at radius 3 is 2.44 bits per heavy atom. The highest BCUT2D eigenvalue weighted by atomic mass is 32.2. The lowest BCUT2D eigenvalue weighted by Gasteiger charge is -2.26. The van der Waals surface area contributed by atoms with Crippen LogP contribution in [0, 0.1) is 25.2 Å². The molecule has 9 heteroatoms. The number of fused-ring (bicyclic) bond motifs is 2. The molecule has 2 heterocycles. The first-order chi connectivity index (χ1) is 19.3. The van der Waals surface area contributed by atoms with Crippen molar-refractivity contribution in [2.75, 3.05) is 12.0 Å². The maximum atomic E-state index is 13.8. The van der Waals surface area contributed by atoms with Crippen LogP contribution < -0.4 is 0 Å². The van der Waals surface area contributed by atoms with E-state index in [0.29, 0.717) is 23.3 Å². The predicted octanol–water partition coefficient (Wildman–Crippen LogP) is 7.05. The van der Waals surface area contributed by atoms with Crippen LogP contribution in [0.25, 0.3) is 10.9 Å². The summed E-state index contributed by atoms with van der Waals surface area (Å²) in [5, 5.41) is 10.2. The smallest absolute Gasteiger partial charge is 0.259 e. The van der Waals surface area contributed by atoms with Gasteiger partial charge in [-0.05, 0) is 94.0 Å². The third-order valence-corrected chi connectivity index (χ3v) is 12.0. The molecule has 212 valence electrons. The van der Waals surface area contributed by atoms with Crippen molar-refractivity contribution in [3.05, 3.63) is 88.6 Å². The zero-order valence-corrected chi connectivity index (χ0v) is 26.5. The van der Waals surface area contributed by atoms with E-state index in [-0.39, 0.29) is 10.8 Å². The minimum Gasteiger partial charge on any atom is -0.259 e. The Balaban J connectivity index is 1.74. The zero-order chi connectivity index (χ0) is 29.7. The van der Waals surface area contributed by atoms with Crippen molar-refractivity contribution in [3.63, 3.8) is 0 Å². The molecular formula is C32H33N3O3S3. The quantitative estimate of drug-likeness (QED) is 0.211. The summed E-state index contributed by atoms with van der Waals surface area (Å²) in [5.41, 5.74) is 6.61. The molecule has 2 atom stereocenters. The SMILES string of the molecule is CSc1cc(C)c2c(ccn2S(=O)(=O)c2ccc(C)cc2)c1C(CS(=O)C(C)(C)C)C1=Nc2cc(C#N)ccc2C1. The molecule has 5 rings (SSSR count). The van der Waals surface area contributed by atoms with Crippen LogP contribution in [0.5, 0.6) is 0 Å². The minimum atomic E-state index is -3.85. The molecule has 0 spiro atoms. The Labute approximate surface area is 249 Å². The van der Waals surface area contributed by atoms with E-state index in [1.54, 1.807) is 54.4 Å². The molecule has 0 bridgehead atoms. The van der Waals surface area contributed by atoms with Gasteiger partial charge in [-0.2, -0.15) is 5.26 Å². The summed E-state index contributed by atoms with van der Waals surface area (Å²) in [6.07, 6.45) is 4.22.